The van der Waals surface area contributed by atoms with E-state index in [0.717, 1.165) is 25.1 Å². The van der Waals surface area contributed by atoms with Crippen LogP contribution in [0.3, 0.4) is 0 Å². The first kappa shape index (κ1) is 13.1. The lowest BCUT2D eigenvalue weighted by atomic mass is 10.2. The molecule has 2 N–H and O–H groups in total. The Morgan fingerprint density at radius 2 is 2.40 bits per heavy atom. The van der Waals surface area contributed by atoms with Gasteiger partial charge in [-0.15, -0.1) is 0 Å². The molecule has 1 aromatic heterocycles. The average molecular weight is 291 g/mol. The van der Waals surface area contributed by atoms with Crippen molar-refractivity contribution in [3.8, 4) is 5.69 Å². The number of aromatic nitrogens is 2. The molecule has 20 heavy (non-hydrogen) atoms. The molecule has 0 unspecified atom stereocenters. The van der Waals surface area contributed by atoms with Crippen molar-refractivity contribution in [1.82, 2.24) is 14.9 Å². The van der Waals surface area contributed by atoms with Crippen LogP contribution in [0.1, 0.15) is 12.8 Å². The highest BCUT2D eigenvalue weighted by Gasteiger charge is 2.23. The number of hydrogen-bond acceptors (Lipinski definition) is 3. The standard InChI is InChI=1S/C14H15ClN4O/c15-10-3-1-4-11(13(10)19-8-7-16-9-19)18-14(20)12-5-2-6-17-12/h1,3-4,7-9,12,17H,2,5-6H2,(H,18,20)/t12-/m0/s1. The molecule has 1 aromatic carbocycles. The van der Waals surface area contributed by atoms with E-state index in [0.29, 0.717) is 10.7 Å². The predicted octanol–water partition coefficient (Wildman–Crippen LogP) is 2.22. The van der Waals surface area contributed by atoms with Crippen LogP contribution in [0.15, 0.2) is 36.9 Å². The van der Waals surface area contributed by atoms with Gasteiger partial charge in [0, 0.05) is 12.4 Å². The lowest BCUT2D eigenvalue weighted by Gasteiger charge is -2.15. The third kappa shape index (κ3) is 2.55. The van der Waals surface area contributed by atoms with Crippen LogP contribution >= 0.6 is 11.6 Å². The zero-order valence-electron chi connectivity index (χ0n) is 10.8. The van der Waals surface area contributed by atoms with Gasteiger partial charge < -0.3 is 15.2 Å². The second kappa shape index (κ2) is 5.64. The third-order valence-corrected chi connectivity index (χ3v) is 3.69. The van der Waals surface area contributed by atoms with Gasteiger partial charge in [0.1, 0.15) is 0 Å². The van der Waals surface area contributed by atoms with E-state index in [9.17, 15) is 4.79 Å². The highest BCUT2D eigenvalue weighted by atomic mass is 35.5. The molecule has 2 aromatic rings. The monoisotopic (exact) mass is 290 g/mol. The van der Waals surface area contributed by atoms with E-state index in [1.165, 1.54) is 0 Å². The van der Waals surface area contributed by atoms with Crippen LogP contribution in [0.25, 0.3) is 5.69 Å². The smallest absolute Gasteiger partial charge is 0.241 e. The molecule has 1 saturated heterocycles. The summed E-state index contributed by atoms with van der Waals surface area (Å²) in [6, 6.07) is 5.33. The summed E-state index contributed by atoms with van der Waals surface area (Å²) in [5.74, 6) is -0.0221. The Balaban J connectivity index is 1.89. The number of nitrogens with one attached hydrogen (secondary N) is 2. The topological polar surface area (TPSA) is 59.0 Å². The summed E-state index contributed by atoms with van der Waals surface area (Å²) in [6.45, 7) is 0.891. The molecule has 1 fully saturated rings. The number of benzene rings is 1. The minimum Gasteiger partial charge on any atom is -0.323 e. The Labute approximate surface area is 122 Å². The predicted molar refractivity (Wildman–Crippen MR) is 78.2 cm³/mol. The molecule has 1 aliphatic heterocycles. The van der Waals surface area contributed by atoms with Crippen molar-refractivity contribution in [2.45, 2.75) is 18.9 Å². The number of halogens is 1. The van der Waals surface area contributed by atoms with E-state index >= 15 is 0 Å². The van der Waals surface area contributed by atoms with E-state index in [-0.39, 0.29) is 11.9 Å². The van der Waals surface area contributed by atoms with Crippen molar-refractivity contribution in [3.63, 3.8) is 0 Å². The number of amides is 1. The number of nitrogens with zero attached hydrogens (tertiary/aromatic N) is 2. The largest absolute Gasteiger partial charge is 0.323 e. The van der Waals surface area contributed by atoms with Gasteiger partial charge in [0.15, 0.2) is 0 Å². The molecule has 2 heterocycles. The molecule has 3 rings (SSSR count). The molecule has 0 aliphatic carbocycles. The molecule has 104 valence electrons. The van der Waals surface area contributed by atoms with Crippen molar-refractivity contribution in [3.05, 3.63) is 41.9 Å². The van der Waals surface area contributed by atoms with Gasteiger partial charge in [0.05, 0.1) is 28.8 Å². The van der Waals surface area contributed by atoms with Crippen LogP contribution in [-0.4, -0.2) is 28.0 Å². The van der Waals surface area contributed by atoms with Gasteiger partial charge in [-0.05, 0) is 31.5 Å². The normalized spacial score (nSPS) is 18.1. The molecule has 0 saturated carbocycles. The molecule has 0 bridgehead atoms. The van der Waals surface area contributed by atoms with Crippen LogP contribution in [0, 0.1) is 0 Å². The number of carbonyl (C=O) groups excluding carboxylic acids is 1. The maximum Gasteiger partial charge on any atom is 0.241 e. The summed E-state index contributed by atoms with van der Waals surface area (Å²) in [7, 11) is 0. The van der Waals surface area contributed by atoms with Crippen molar-refractivity contribution >= 4 is 23.2 Å². The van der Waals surface area contributed by atoms with Gasteiger partial charge in [-0.25, -0.2) is 4.98 Å². The van der Waals surface area contributed by atoms with Crippen molar-refractivity contribution in [2.24, 2.45) is 0 Å². The number of anilines is 1. The van der Waals surface area contributed by atoms with Gasteiger partial charge >= 0.3 is 0 Å². The minimum absolute atomic E-state index is 0.0221. The molecule has 0 spiro atoms. The van der Waals surface area contributed by atoms with Gasteiger partial charge in [-0.1, -0.05) is 17.7 Å². The van der Waals surface area contributed by atoms with Crippen molar-refractivity contribution < 1.29 is 4.79 Å². The zero-order valence-corrected chi connectivity index (χ0v) is 11.6. The van der Waals surface area contributed by atoms with E-state index in [4.69, 9.17) is 11.6 Å². The Morgan fingerprint density at radius 3 is 3.10 bits per heavy atom. The van der Waals surface area contributed by atoms with Crippen LogP contribution in [0.5, 0.6) is 0 Å². The number of hydrogen-bond donors (Lipinski definition) is 2. The van der Waals surface area contributed by atoms with Gasteiger partial charge in [-0.2, -0.15) is 0 Å². The van der Waals surface area contributed by atoms with Crippen LogP contribution < -0.4 is 10.6 Å². The maximum atomic E-state index is 12.2. The second-order valence-corrected chi connectivity index (χ2v) is 5.15. The van der Waals surface area contributed by atoms with Crippen LogP contribution in [-0.2, 0) is 4.79 Å². The molecule has 1 atom stereocenters. The number of imidazole rings is 1. The maximum absolute atomic E-state index is 12.2. The summed E-state index contributed by atoms with van der Waals surface area (Å²) in [5, 5.41) is 6.70. The summed E-state index contributed by atoms with van der Waals surface area (Å²) >= 11 is 6.25. The Kier molecular flexibility index (Phi) is 3.71. The summed E-state index contributed by atoms with van der Waals surface area (Å²) in [6.07, 6.45) is 7.03. The van der Waals surface area contributed by atoms with Crippen molar-refractivity contribution in [2.75, 3.05) is 11.9 Å². The lowest BCUT2D eigenvalue weighted by Crippen LogP contribution is -2.35. The van der Waals surface area contributed by atoms with E-state index in [2.05, 4.69) is 15.6 Å². The highest BCUT2D eigenvalue weighted by molar-refractivity contribution is 6.33. The molecule has 6 heteroatoms. The summed E-state index contributed by atoms with van der Waals surface area (Å²) in [4.78, 5) is 16.2. The highest BCUT2D eigenvalue weighted by Crippen LogP contribution is 2.28. The Bertz CT molecular complexity index is 606. The Hall–Kier alpha value is -1.85. The number of para-hydroxylation sites is 1. The first-order chi connectivity index (χ1) is 9.75. The third-order valence-electron chi connectivity index (χ3n) is 3.38. The Morgan fingerprint density at radius 1 is 1.50 bits per heavy atom. The second-order valence-electron chi connectivity index (χ2n) is 4.74. The number of carbonyl (C=O) groups is 1. The number of rotatable bonds is 3. The fourth-order valence-corrected chi connectivity index (χ4v) is 2.67. The van der Waals surface area contributed by atoms with Crippen molar-refractivity contribution in [1.29, 1.82) is 0 Å². The van der Waals surface area contributed by atoms with Gasteiger partial charge in [0.25, 0.3) is 0 Å². The minimum atomic E-state index is -0.121. The molecule has 1 aliphatic rings. The van der Waals surface area contributed by atoms with Gasteiger partial charge in [-0.3, -0.25) is 4.79 Å². The fraction of sp³-hybridized carbons (Fsp3) is 0.286. The zero-order chi connectivity index (χ0) is 13.9. The van der Waals surface area contributed by atoms with E-state index in [1.807, 2.05) is 12.1 Å². The van der Waals surface area contributed by atoms with Crippen LogP contribution in [0.2, 0.25) is 5.02 Å². The molecule has 5 nitrogen and oxygen atoms in total. The SMILES string of the molecule is O=C(Nc1cccc(Cl)c1-n1ccnc1)[C@@H]1CCCN1. The summed E-state index contributed by atoms with van der Waals surface area (Å²) in [5.41, 5.74) is 1.42. The lowest BCUT2D eigenvalue weighted by molar-refractivity contribution is -0.117. The van der Waals surface area contributed by atoms with Crippen LogP contribution in [0.4, 0.5) is 5.69 Å². The first-order valence-corrected chi connectivity index (χ1v) is 6.94. The summed E-state index contributed by atoms with van der Waals surface area (Å²) < 4.78 is 1.79. The molecule has 1 amide bonds. The fourth-order valence-electron chi connectivity index (χ4n) is 2.40. The quantitative estimate of drug-likeness (QED) is 0.911. The molecular weight excluding hydrogens is 276 g/mol. The average Bonchev–Trinajstić information content (AvgIpc) is 3.12. The van der Waals surface area contributed by atoms with Gasteiger partial charge in [0.2, 0.25) is 5.91 Å². The first-order valence-electron chi connectivity index (χ1n) is 6.57. The molecular formula is C14H15ClN4O. The van der Waals surface area contributed by atoms with E-state index in [1.54, 1.807) is 29.4 Å². The molecule has 0 radical (unpaired) electrons. The van der Waals surface area contributed by atoms with E-state index < -0.39 is 0 Å².